The summed E-state index contributed by atoms with van der Waals surface area (Å²) in [6.07, 6.45) is 0. The van der Waals surface area contributed by atoms with Crippen LogP contribution in [0, 0.1) is 0 Å². The van der Waals surface area contributed by atoms with Crippen molar-refractivity contribution in [3.05, 3.63) is 94.1 Å². The number of para-hydroxylation sites is 2. The van der Waals surface area contributed by atoms with E-state index in [-0.39, 0.29) is 22.0 Å². The second kappa shape index (κ2) is 8.46. The SMILES string of the molecule is COc1ccccc1C1=C(N(C)c2ccccc2)C(=O)N(c2cc(Cl)ccc2Cl)C1=O. The van der Waals surface area contributed by atoms with Crippen molar-refractivity contribution in [2.24, 2.45) is 0 Å². The van der Waals surface area contributed by atoms with Gasteiger partial charge in [-0.25, -0.2) is 4.90 Å². The summed E-state index contributed by atoms with van der Waals surface area (Å²) >= 11 is 12.5. The molecule has 0 saturated heterocycles. The van der Waals surface area contributed by atoms with E-state index < -0.39 is 11.8 Å². The number of ether oxygens (including phenoxy) is 1. The van der Waals surface area contributed by atoms with Gasteiger partial charge in [-0.05, 0) is 36.4 Å². The molecule has 0 saturated carbocycles. The van der Waals surface area contributed by atoms with E-state index in [9.17, 15) is 9.59 Å². The lowest BCUT2D eigenvalue weighted by molar-refractivity contribution is -0.120. The highest BCUT2D eigenvalue weighted by atomic mass is 35.5. The third-order valence-corrected chi connectivity index (χ3v) is 5.62. The average molecular weight is 453 g/mol. The minimum absolute atomic E-state index is 0.219. The number of hydrogen-bond acceptors (Lipinski definition) is 4. The Morgan fingerprint density at radius 3 is 2.26 bits per heavy atom. The molecule has 156 valence electrons. The second-order valence-corrected chi connectivity index (χ2v) is 7.70. The molecule has 1 aliphatic rings. The van der Waals surface area contributed by atoms with Crippen molar-refractivity contribution >= 4 is 52.0 Å². The number of benzene rings is 3. The van der Waals surface area contributed by atoms with Crippen LogP contribution in [-0.4, -0.2) is 26.0 Å². The first-order valence-corrected chi connectivity index (χ1v) is 10.2. The number of carbonyl (C=O) groups excluding carboxylic acids is 2. The zero-order chi connectivity index (χ0) is 22.1. The molecular weight excluding hydrogens is 435 g/mol. The monoisotopic (exact) mass is 452 g/mol. The molecule has 4 rings (SSSR count). The van der Waals surface area contributed by atoms with Gasteiger partial charge in [0.25, 0.3) is 11.8 Å². The molecule has 1 heterocycles. The number of rotatable bonds is 5. The zero-order valence-electron chi connectivity index (χ0n) is 16.8. The molecule has 0 aliphatic carbocycles. The minimum Gasteiger partial charge on any atom is -0.496 e. The number of amides is 2. The molecule has 0 aromatic heterocycles. The van der Waals surface area contributed by atoms with Gasteiger partial charge >= 0.3 is 0 Å². The van der Waals surface area contributed by atoms with Crippen LogP contribution >= 0.6 is 23.2 Å². The van der Waals surface area contributed by atoms with Crippen LogP contribution in [0.25, 0.3) is 5.57 Å². The van der Waals surface area contributed by atoms with Gasteiger partial charge in [0.15, 0.2) is 0 Å². The van der Waals surface area contributed by atoms with E-state index in [1.807, 2.05) is 30.3 Å². The van der Waals surface area contributed by atoms with Crippen molar-refractivity contribution in [3.63, 3.8) is 0 Å². The molecule has 7 heteroatoms. The summed E-state index contributed by atoms with van der Waals surface area (Å²) in [7, 11) is 3.27. The molecule has 31 heavy (non-hydrogen) atoms. The first kappa shape index (κ1) is 21.0. The lowest BCUT2D eigenvalue weighted by Crippen LogP contribution is -2.34. The first-order chi connectivity index (χ1) is 14.9. The third-order valence-electron chi connectivity index (χ3n) is 5.06. The number of hydrogen-bond donors (Lipinski definition) is 0. The van der Waals surface area contributed by atoms with Crippen molar-refractivity contribution in [3.8, 4) is 5.75 Å². The lowest BCUT2D eigenvalue weighted by Gasteiger charge is -2.22. The van der Waals surface area contributed by atoms with Crippen molar-refractivity contribution in [2.45, 2.75) is 0 Å². The van der Waals surface area contributed by atoms with Crippen LogP contribution in [0.5, 0.6) is 5.75 Å². The van der Waals surface area contributed by atoms with Crippen LogP contribution in [0.15, 0.2) is 78.5 Å². The molecule has 0 radical (unpaired) electrons. The highest BCUT2D eigenvalue weighted by Crippen LogP contribution is 2.41. The highest BCUT2D eigenvalue weighted by molar-refractivity contribution is 6.48. The molecule has 0 atom stereocenters. The molecule has 3 aromatic carbocycles. The van der Waals surface area contributed by atoms with Crippen LogP contribution in [0.4, 0.5) is 11.4 Å². The molecule has 0 fully saturated rings. The maximum Gasteiger partial charge on any atom is 0.282 e. The second-order valence-electron chi connectivity index (χ2n) is 6.86. The van der Waals surface area contributed by atoms with E-state index in [4.69, 9.17) is 27.9 Å². The molecule has 0 bridgehead atoms. The van der Waals surface area contributed by atoms with Gasteiger partial charge in [-0.2, -0.15) is 0 Å². The van der Waals surface area contributed by atoms with Crippen molar-refractivity contribution in [1.82, 2.24) is 0 Å². The molecule has 0 spiro atoms. The lowest BCUT2D eigenvalue weighted by atomic mass is 10.0. The number of carbonyl (C=O) groups is 2. The minimum atomic E-state index is -0.503. The number of imide groups is 1. The van der Waals surface area contributed by atoms with E-state index in [1.165, 1.54) is 13.2 Å². The number of halogens is 2. The number of likely N-dealkylation sites (N-methyl/N-ethyl adjacent to an activating group) is 1. The van der Waals surface area contributed by atoms with Gasteiger partial charge in [0.2, 0.25) is 0 Å². The Bertz CT molecular complexity index is 1210. The van der Waals surface area contributed by atoms with Crippen molar-refractivity contribution in [1.29, 1.82) is 0 Å². The summed E-state index contributed by atoms with van der Waals surface area (Å²) in [6, 6.07) is 21.1. The Morgan fingerprint density at radius 1 is 0.871 bits per heavy atom. The van der Waals surface area contributed by atoms with E-state index >= 15 is 0 Å². The van der Waals surface area contributed by atoms with Crippen molar-refractivity contribution < 1.29 is 14.3 Å². The summed E-state index contributed by atoms with van der Waals surface area (Å²) in [5.74, 6) is -0.519. The smallest absolute Gasteiger partial charge is 0.282 e. The Hall–Kier alpha value is -3.28. The van der Waals surface area contributed by atoms with Crippen LogP contribution in [-0.2, 0) is 9.59 Å². The predicted molar refractivity (Wildman–Crippen MR) is 124 cm³/mol. The predicted octanol–water partition coefficient (Wildman–Crippen LogP) is 5.42. The standard InChI is InChI=1S/C24H18Cl2N2O3/c1-27(16-8-4-3-5-9-16)22-21(17-10-6-7-11-20(17)31-2)23(29)28(24(22)30)19-14-15(25)12-13-18(19)26/h3-14H,1-2H3. The van der Waals surface area contributed by atoms with Gasteiger partial charge in [0.1, 0.15) is 11.4 Å². The number of anilines is 2. The normalized spacial score (nSPS) is 13.7. The van der Waals surface area contributed by atoms with Crippen LogP contribution in [0.1, 0.15) is 5.56 Å². The van der Waals surface area contributed by atoms with Crippen LogP contribution in [0.3, 0.4) is 0 Å². The van der Waals surface area contributed by atoms with E-state index in [2.05, 4.69) is 0 Å². The fraction of sp³-hybridized carbons (Fsp3) is 0.0833. The fourth-order valence-corrected chi connectivity index (χ4v) is 3.95. The molecule has 5 nitrogen and oxygen atoms in total. The van der Waals surface area contributed by atoms with Gasteiger partial charge in [-0.1, -0.05) is 59.6 Å². The van der Waals surface area contributed by atoms with E-state index in [0.29, 0.717) is 16.3 Å². The largest absolute Gasteiger partial charge is 0.496 e. The zero-order valence-corrected chi connectivity index (χ0v) is 18.3. The van der Waals surface area contributed by atoms with Crippen LogP contribution in [0.2, 0.25) is 10.0 Å². The van der Waals surface area contributed by atoms with Crippen LogP contribution < -0.4 is 14.5 Å². The maximum atomic E-state index is 13.7. The first-order valence-electron chi connectivity index (χ1n) is 9.44. The molecule has 0 N–H and O–H groups in total. The fourth-order valence-electron chi connectivity index (χ4n) is 3.58. The average Bonchev–Trinajstić information content (AvgIpc) is 3.05. The van der Waals surface area contributed by atoms with Gasteiger partial charge in [-0.15, -0.1) is 0 Å². The molecule has 0 unspecified atom stereocenters. The third kappa shape index (κ3) is 3.67. The van der Waals surface area contributed by atoms with E-state index in [0.717, 1.165) is 10.6 Å². The molecule has 2 amide bonds. The van der Waals surface area contributed by atoms with Gasteiger partial charge in [0.05, 0.1) is 23.4 Å². The summed E-state index contributed by atoms with van der Waals surface area (Å²) in [5, 5.41) is 0.609. The summed E-state index contributed by atoms with van der Waals surface area (Å²) in [5.41, 5.74) is 1.95. The van der Waals surface area contributed by atoms with Gasteiger partial charge in [0, 0.05) is 23.3 Å². The Balaban J connectivity index is 1.95. The Kier molecular flexibility index (Phi) is 5.72. The summed E-state index contributed by atoms with van der Waals surface area (Å²) in [6.45, 7) is 0. The van der Waals surface area contributed by atoms with Gasteiger partial charge < -0.3 is 9.64 Å². The topological polar surface area (TPSA) is 49.9 Å². The maximum absolute atomic E-state index is 13.7. The number of methoxy groups -OCH3 is 1. The number of nitrogens with zero attached hydrogens (tertiary/aromatic N) is 2. The van der Waals surface area contributed by atoms with E-state index in [1.54, 1.807) is 48.3 Å². The van der Waals surface area contributed by atoms with Gasteiger partial charge in [-0.3, -0.25) is 9.59 Å². The highest BCUT2D eigenvalue weighted by Gasteiger charge is 2.43. The van der Waals surface area contributed by atoms with Crippen molar-refractivity contribution in [2.75, 3.05) is 24.0 Å². The summed E-state index contributed by atoms with van der Waals surface area (Å²) in [4.78, 5) is 30.1. The Labute approximate surface area is 190 Å². The molecule has 1 aliphatic heterocycles. The molecular formula is C24H18Cl2N2O3. The molecule has 3 aromatic rings. The summed E-state index contributed by atoms with van der Waals surface area (Å²) < 4.78 is 5.48. The Morgan fingerprint density at radius 2 is 1.55 bits per heavy atom. The quantitative estimate of drug-likeness (QED) is 0.484.